The number of benzene rings is 3. The van der Waals surface area contributed by atoms with Crippen LogP contribution in [0.1, 0.15) is 93.1 Å². The van der Waals surface area contributed by atoms with E-state index in [-0.39, 0.29) is 18.0 Å². The minimum atomic E-state index is -0.326. The molecule has 0 heterocycles. The molecule has 0 spiro atoms. The topological polar surface area (TPSA) is 35.5 Å². The lowest BCUT2D eigenvalue weighted by Crippen LogP contribution is -2.16. The van der Waals surface area contributed by atoms with Gasteiger partial charge in [0, 0.05) is 5.56 Å². The number of esters is 1. The molecular weight excluding hydrogens is 432 g/mol. The molecule has 3 aromatic rings. The average Bonchev–Trinajstić information content (AvgIpc) is 2.83. The number of carbonyl (C=O) groups is 1. The number of unbranched alkanes of at least 4 members (excludes halogenated alkanes) is 2. The van der Waals surface area contributed by atoms with Crippen LogP contribution in [0, 0.1) is 0 Å². The van der Waals surface area contributed by atoms with Crippen molar-refractivity contribution in [2.24, 2.45) is 0 Å². The van der Waals surface area contributed by atoms with Gasteiger partial charge in [-0.3, -0.25) is 0 Å². The third kappa shape index (κ3) is 6.33. The Morgan fingerprint density at radius 2 is 1.80 bits per heavy atom. The summed E-state index contributed by atoms with van der Waals surface area (Å²) in [6.07, 6.45) is 8.55. The van der Waals surface area contributed by atoms with Crippen LogP contribution in [-0.2, 0) is 6.42 Å². The zero-order valence-corrected chi connectivity index (χ0v) is 21.4. The Bertz CT molecular complexity index is 1190. The van der Waals surface area contributed by atoms with E-state index in [4.69, 9.17) is 9.47 Å². The van der Waals surface area contributed by atoms with Crippen LogP contribution < -0.4 is 9.47 Å². The maximum atomic E-state index is 13.4. The molecule has 0 radical (unpaired) electrons. The fraction of sp³-hybridized carbons (Fsp3) is 0.406. The van der Waals surface area contributed by atoms with E-state index in [1.54, 1.807) is 0 Å². The third-order valence-electron chi connectivity index (χ3n) is 6.81. The Balaban J connectivity index is 1.73. The van der Waals surface area contributed by atoms with Crippen molar-refractivity contribution in [3.05, 3.63) is 83.4 Å². The molecule has 1 unspecified atom stereocenters. The molecule has 1 saturated carbocycles. The summed E-state index contributed by atoms with van der Waals surface area (Å²) < 4.78 is 12.5. The van der Waals surface area contributed by atoms with Gasteiger partial charge in [0.25, 0.3) is 0 Å². The van der Waals surface area contributed by atoms with Crippen LogP contribution in [0.4, 0.5) is 0 Å². The zero-order valence-electron chi connectivity index (χ0n) is 21.4. The van der Waals surface area contributed by atoms with Crippen LogP contribution in [0.25, 0.3) is 10.8 Å². The number of carbonyl (C=O) groups excluding carboxylic acids is 1. The van der Waals surface area contributed by atoms with Gasteiger partial charge < -0.3 is 9.47 Å². The van der Waals surface area contributed by atoms with E-state index >= 15 is 0 Å². The molecule has 0 saturated heterocycles. The number of aryl methyl sites for hydroxylation is 1. The summed E-state index contributed by atoms with van der Waals surface area (Å²) in [6.45, 7) is 10.6. The lowest BCUT2D eigenvalue weighted by Gasteiger charge is -2.28. The van der Waals surface area contributed by atoms with E-state index in [0.29, 0.717) is 11.3 Å². The van der Waals surface area contributed by atoms with E-state index in [9.17, 15) is 4.79 Å². The van der Waals surface area contributed by atoms with E-state index in [1.165, 1.54) is 18.4 Å². The molecule has 184 valence electrons. The van der Waals surface area contributed by atoms with E-state index in [0.717, 1.165) is 66.2 Å². The average molecular weight is 471 g/mol. The smallest absolute Gasteiger partial charge is 0.343 e. The fourth-order valence-electron chi connectivity index (χ4n) is 5.09. The molecule has 1 aliphatic carbocycles. The van der Waals surface area contributed by atoms with Gasteiger partial charge in [-0.15, -0.1) is 0 Å². The van der Waals surface area contributed by atoms with E-state index < -0.39 is 0 Å². The Morgan fingerprint density at radius 3 is 2.54 bits per heavy atom. The van der Waals surface area contributed by atoms with Crippen molar-refractivity contribution in [2.75, 3.05) is 0 Å². The standard InChI is InChI=1S/C32H38O3/c1-5-6-7-12-24-19-29(34-22(2)3)31(27-15-10-11-23(4)18-27)30(20-24)35-32(33)28-17-16-25-13-8-9-14-26(25)21-28/h8-9,13-14,16-17,19-22,27H,4-7,10-12,15,18H2,1-3H3. The second-order valence-electron chi connectivity index (χ2n) is 10.1. The highest BCUT2D eigenvalue weighted by molar-refractivity contribution is 5.96. The molecule has 1 atom stereocenters. The first-order valence-electron chi connectivity index (χ1n) is 13.2. The SMILES string of the molecule is C=C1CCCC(c2c(OC(=O)c3ccc4ccccc4c3)cc(CCCCC)cc2OC(C)C)C1. The van der Waals surface area contributed by atoms with Gasteiger partial charge in [-0.25, -0.2) is 4.79 Å². The normalized spacial score (nSPS) is 16.0. The molecule has 3 nitrogen and oxygen atoms in total. The molecule has 0 aromatic heterocycles. The highest BCUT2D eigenvalue weighted by Gasteiger charge is 2.27. The van der Waals surface area contributed by atoms with Crippen molar-refractivity contribution in [1.82, 2.24) is 0 Å². The largest absolute Gasteiger partial charge is 0.491 e. The molecular formula is C32H38O3. The van der Waals surface area contributed by atoms with E-state index in [2.05, 4.69) is 25.6 Å². The fourth-order valence-corrected chi connectivity index (χ4v) is 5.09. The molecule has 1 aliphatic rings. The van der Waals surface area contributed by atoms with Gasteiger partial charge >= 0.3 is 5.97 Å². The quantitative estimate of drug-likeness (QED) is 0.136. The van der Waals surface area contributed by atoms with Crippen LogP contribution in [0.2, 0.25) is 0 Å². The maximum absolute atomic E-state index is 13.4. The molecule has 1 fully saturated rings. The number of rotatable bonds is 9. The van der Waals surface area contributed by atoms with Crippen molar-refractivity contribution in [2.45, 2.75) is 84.2 Å². The second-order valence-corrected chi connectivity index (χ2v) is 10.1. The minimum Gasteiger partial charge on any atom is -0.491 e. The molecule has 3 aromatic carbocycles. The number of hydrogen-bond donors (Lipinski definition) is 0. The first-order chi connectivity index (χ1) is 16.9. The third-order valence-corrected chi connectivity index (χ3v) is 6.81. The first-order valence-corrected chi connectivity index (χ1v) is 13.2. The molecule has 4 rings (SSSR count). The summed E-state index contributed by atoms with van der Waals surface area (Å²) in [5, 5.41) is 2.14. The van der Waals surface area contributed by atoms with Crippen LogP contribution in [0.5, 0.6) is 11.5 Å². The van der Waals surface area contributed by atoms with E-state index in [1.807, 2.05) is 56.3 Å². The summed E-state index contributed by atoms with van der Waals surface area (Å²) >= 11 is 0. The van der Waals surface area contributed by atoms with Gasteiger partial charge in [0.15, 0.2) is 0 Å². The lowest BCUT2D eigenvalue weighted by atomic mass is 9.80. The molecule has 0 bridgehead atoms. The van der Waals surface area contributed by atoms with Gasteiger partial charge in [-0.2, -0.15) is 0 Å². The molecule has 35 heavy (non-hydrogen) atoms. The van der Waals surface area contributed by atoms with Crippen LogP contribution in [0.15, 0.2) is 66.7 Å². The van der Waals surface area contributed by atoms with Gasteiger partial charge in [0.1, 0.15) is 11.5 Å². The van der Waals surface area contributed by atoms with Crippen molar-refractivity contribution in [3.8, 4) is 11.5 Å². The summed E-state index contributed by atoms with van der Waals surface area (Å²) in [5.41, 5.74) is 4.00. The molecule has 0 aliphatic heterocycles. The highest BCUT2D eigenvalue weighted by atomic mass is 16.5. The summed E-state index contributed by atoms with van der Waals surface area (Å²) in [5.74, 6) is 1.42. The maximum Gasteiger partial charge on any atom is 0.343 e. The van der Waals surface area contributed by atoms with Crippen molar-refractivity contribution < 1.29 is 14.3 Å². The summed E-state index contributed by atoms with van der Waals surface area (Å²) in [6, 6.07) is 18.1. The first kappa shape index (κ1) is 25.0. The Hall–Kier alpha value is -3.07. The molecule has 3 heteroatoms. The monoisotopic (exact) mass is 470 g/mol. The number of allylic oxidation sites excluding steroid dienone is 1. The summed E-state index contributed by atoms with van der Waals surface area (Å²) in [7, 11) is 0. The Morgan fingerprint density at radius 1 is 1.03 bits per heavy atom. The number of ether oxygens (including phenoxy) is 2. The van der Waals surface area contributed by atoms with Crippen molar-refractivity contribution in [3.63, 3.8) is 0 Å². The van der Waals surface area contributed by atoms with Crippen molar-refractivity contribution >= 4 is 16.7 Å². The summed E-state index contributed by atoms with van der Waals surface area (Å²) in [4.78, 5) is 13.4. The van der Waals surface area contributed by atoms with Crippen LogP contribution in [0.3, 0.4) is 0 Å². The predicted molar refractivity (Wildman–Crippen MR) is 145 cm³/mol. The Kier molecular flexibility index (Phi) is 8.28. The van der Waals surface area contributed by atoms with Crippen molar-refractivity contribution in [1.29, 1.82) is 0 Å². The molecule has 0 N–H and O–H groups in total. The van der Waals surface area contributed by atoms with Gasteiger partial charge in [-0.1, -0.05) is 62.2 Å². The van der Waals surface area contributed by atoms with Gasteiger partial charge in [-0.05, 0) is 98.9 Å². The number of fused-ring (bicyclic) bond motifs is 1. The zero-order chi connectivity index (χ0) is 24.8. The Labute approximate surface area is 210 Å². The van der Waals surface area contributed by atoms with Gasteiger partial charge in [0.05, 0.1) is 11.7 Å². The van der Waals surface area contributed by atoms with Crippen LogP contribution in [-0.4, -0.2) is 12.1 Å². The second kappa shape index (κ2) is 11.6. The molecule has 0 amide bonds. The predicted octanol–water partition coefficient (Wildman–Crippen LogP) is 8.79. The highest BCUT2D eigenvalue weighted by Crippen LogP contribution is 2.45. The lowest BCUT2D eigenvalue weighted by molar-refractivity contribution is 0.0731. The van der Waals surface area contributed by atoms with Gasteiger partial charge in [0.2, 0.25) is 0 Å². The van der Waals surface area contributed by atoms with Crippen LogP contribution >= 0.6 is 0 Å². The number of hydrogen-bond acceptors (Lipinski definition) is 3. The minimum absolute atomic E-state index is 0.0375.